The lowest BCUT2D eigenvalue weighted by molar-refractivity contribution is -0.121. The van der Waals surface area contributed by atoms with Crippen molar-refractivity contribution in [2.75, 3.05) is 6.54 Å². The number of hydrogen-bond donors (Lipinski definition) is 1. The Balaban J connectivity index is 1.30. The van der Waals surface area contributed by atoms with E-state index >= 15 is 0 Å². The van der Waals surface area contributed by atoms with Crippen molar-refractivity contribution in [2.24, 2.45) is 0 Å². The van der Waals surface area contributed by atoms with Gasteiger partial charge in [0.05, 0.1) is 22.5 Å². The first-order valence-electron chi connectivity index (χ1n) is 8.21. The first-order valence-corrected chi connectivity index (χ1v) is 9.09. The highest BCUT2D eigenvalue weighted by Crippen LogP contribution is 2.23. The van der Waals surface area contributed by atoms with Gasteiger partial charge >= 0.3 is 0 Å². The van der Waals surface area contributed by atoms with Gasteiger partial charge in [-0.05, 0) is 23.6 Å². The molecule has 0 radical (unpaired) electrons. The van der Waals surface area contributed by atoms with Crippen molar-refractivity contribution in [3.05, 3.63) is 58.8 Å². The maximum Gasteiger partial charge on any atom is 0.261 e. The van der Waals surface area contributed by atoms with E-state index in [4.69, 9.17) is 4.42 Å². The van der Waals surface area contributed by atoms with Crippen LogP contribution in [0.4, 0.5) is 0 Å². The predicted octanol–water partition coefficient (Wildman–Crippen LogP) is 2.10. The van der Waals surface area contributed by atoms with Crippen LogP contribution in [0.1, 0.15) is 33.0 Å². The van der Waals surface area contributed by atoms with Crippen molar-refractivity contribution in [1.29, 1.82) is 0 Å². The fraction of sp³-hybridized carbons (Fsp3) is 0.167. The maximum atomic E-state index is 12.3. The Morgan fingerprint density at radius 1 is 1.07 bits per heavy atom. The molecule has 8 nitrogen and oxygen atoms in total. The van der Waals surface area contributed by atoms with Crippen LogP contribution in [0.15, 0.2) is 46.2 Å². The number of fused-ring (bicyclic) bond motifs is 1. The van der Waals surface area contributed by atoms with Crippen LogP contribution in [-0.2, 0) is 11.3 Å². The molecule has 0 spiro atoms. The molecule has 1 aliphatic rings. The molecule has 27 heavy (non-hydrogen) atoms. The second-order valence-electron chi connectivity index (χ2n) is 5.81. The maximum absolute atomic E-state index is 12.3. The first kappa shape index (κ1) is 17.1. The van der Waals surface area contributed by atoms with Crippen molar-refractivity contribution in [2.45, 2.75) is 13.0 Å². The molecule has 3 heterocycles. The molecule has 0 aliphatic carbocycles. The van der Waals surface area contributed by atoms with E-state index in [1.807, 2.05) is 17.5 Å². The second kappa shape index (κ2) is 7.12. The third-order valence-electron chi connectivity index (χ3n) is 4.08. The monoisotopic (exact) mass is 382 g/mol. The molecule has 1 N–H and O–H groups in total. The third-order valence-corrected chi connectivity index (χ3v) is 4.93. The summed E-state index contributed by atoms with van der Waals surface area (Å²) in [4.78, 5) is 38.5. The molecule has 3 amide bonds. The van der Waals surface area contributed by atoms with Crippen molar-refractivity contribution in [3.8, 4) is 10.8 Å². The summed E-state index contributed by atoms with van der Waals surface area (Å²) < 4.78 is 5.49. The van der Waals surface area contributed by atoms with Gasteiger partial charge in [-0.1, -0.05) is 18.2 Å². The van der Waals surface area contributed by atoms with Crippen molar-refractivity contribution in [3.63, 3.8) is 0 Å². The zero-order valence-electron chi connectivity index (χ0n) is 14.0. The van der Waals surface area contributed by atoms with Gasteiger partial charge in [-0.15, -0.1) is 21.5 Å². The summed E-state index contributed by atoms with van der Waals surface area (Å²) >= 11 is 1.48. The smallest absolute Gasteiger partial charge is 0.261 e. The van der Waals surface area contributed by atoms with Crippen LogP contribution in [0, 0.1) is 0 Å². The van der Waals surface area contributed by atoms with Crippen molar-refractivity contribution < 1.29 is 18.8 Å². The Morgan fingerprint density at radius 3 is 2.48 bits per heavy atom. The fourth-order valence-electron chi connectivity index (χ4n) is 2.74. The van der Waals surface area contributed by atoms with Crippen LogP contribution in [0.2, 0.25) is 0 Å². The zero-order chi connectivity index (χ0) is 18.8. The summed E-state index contributed by atoms with van der Waals surface area (Å²) in [6, 6.07) is 10.4. The van der Waals surface area contributed by atoms with E-state index in [2.05, 4.69) is 15.5 Å². The van der Waals surface area contributed by atoms with E-state index in [9.17, 15) is 14.4 Å². The first-order chi connectivity index (χ1) is 13.1. The molecule has 1 aliphatic heterocycles. The summed E-state index contributed by atoms with van der Waals surface area (Å²) in [7, 11) is 0. The van der Waals surface area contributed by atoms with Gasteiger partial charge in [-0.3, -0.25) is 19.3 Å². The Labute approximate surface area is 157 Å². The quantitative estimate of drug-likeness (QED) is 0.655. The highest BCUT2D eigenvalue weighted by atomic mass is 32.1. The average molecular weight is 382 g/mol. The molecule has 9 heteroatoms. The summed E-state index contributed by atoms with van der Waals surface area (Å²) in [6.07, 6.45) is -0.00259. The number of carbonyl (C=O) groups excluding carboxylic acids is 3. The Hall–Kier alpha value is -3.33. The normalized spacial score (nSPS) is 13.1. The lowest BCUT2D eigenvalue weighted by Crippen LogP contribution is -2.34. The molecule has 1 aromatic carbocycles. The molecule has 0 saturated heterocycles. The van der Waals surface area contributed by atoms with Gasteiger partial charge in [0.1, 0.15) is 0 Å². The standard InChI is InChI=1S/C18H14N4O4S/c23-14(19-10-15-20-21-16(26-15)13-6-3-9-27-13)7-8-22-17(24)11-4-1-2-5-12(11)18(22)25/h1-6,9H,7-8,10H2,(H,19,23). The summed E-state index contributed by atoms with van der Waals surface area (Å²) in [6.45, 7) is 0.0990. The molecule has 0 fully saturated rings. The molecule has 0 atom stereocenters. The zero-order valence-corrected chi connectivity index (χ0v) is 14.9. The van der Waals surface area contributed by atoms with E-state index in [0.717, 1.165) is 9.78 Å². The largest absolute Gasteiger partial charge is 0.418 e. The van der Waals surface area contributed by atoms with Gasteiger partial charge in [0.15, 0.2) is 0 Å². The van der Waals surface area contributed by atoms with Gasteiger partial charge in [0, 0.05) is 13.0 Å². The highest BCUT2D eigenvalue weighted by molar-refractivity contribution is 7.13. The van der Waals surface area contributed by atoms with Crippen LogP contribution >= 0.6 is 11.3 Å². The minimum absolute atomic E-state index is 0.00259. The molecule has 2 aromatic heterocycles. The van der Waals surface area contributed by atoms with E-state index in [1.54, 1.807) is 24.3 Å². The van der Waals surface area contributed by atoms with E-state index < -0.39 is 0 Å². The molecule has 0 saturated carbocycles. The van der Waals surface area contributed by atoms with E-state index in [-0.39, 0.29) is 43.1 Å². The number of thiophene rings is 1. The van der Waals surface area contributed by atoms with Crippen LogP contribution in [0.5, 0.6) is 0 Å². The third kappa shape index (κ3) is 3.36. The van der Waals surface area contributed by atoms with Crippen molar-refractivity contribution >= 4 is 29.1 Å². The minimum atomic E-state index is -0.374. The number of hydrogen-bond acceptors (Lipinski definition) is 7. The average Bonchev–Trinajstić information content (AvgIpc) is 3.41. The number of imide groups is 1. The minimum Gasteiger partial charge on any atom is -0.418 e. The topological polar surface area (TPSA) is 105 Å². The Bertz CT molecular complexity index is 977. The number of aromatic nitrogens is 2. The molecular weight excluding hydrogens is 368 g/mol. The predicted molar refractivity (Wildman–Crippen MR) is 95.9 cm³/mol. The Kier molecular flexibility index (Phi) is 4.51. The summed E-state index contributed by atoms with van der Waals surface area (Å²) in [5.41, 5.74) is 0.741. The molecule has 4 rings (SSSR count). The van der Waals surface area contributed by atoms with Gasteiger partial charge in [-0.25, -0.2) is 0 Å². The van der Waals surface area contributed by atoms with E-state index in [1.165, 1.54) is 11.3 Å². The molecular formula is C18H14N4O4S. The number of carbonyl (C=O) groups is 3. The van der Waals surface area contributed by atoms with Crippen LogP contribution < -0.4 is 5.32 Å². The fourth-order valence-corrected chi connectivity index (χ4v) is 3.39. The molecule has 136 valence electrons. The van der Waals surface area contributed by atoms with Gasteiger partial charge < -0.3 is 9.73 Å². The lowest BCUT2D eigenvalue weighted by Gasteiger charge is -2.13. The van der Waals surface area contributed by atoms with Crippen LogP contribution in [-0.4, -0.2) is 39.4 Å². The number of nitrogens with one attached hydrogen (secondary N) is 1. The Morgan fingerprint density at radius 2 is 1.81 bits per heavy atom. The molecule has 3 aromatic rings. The number of rotatable bonds is 6. The molecule has 0 bridgehead atoms. The van der Waals surface area contributed by atoms with Gasteiger partial charge in [0.2, 0.25) is 11.8 Å². The van der Waals surface area contributed by atoms with Crippen LogP contribution in [0.25, 0.3) is 10.8 Å². The second-order valence-corrected chi connectivity index (χ2v) is 6.76. The van der Waals surface area contributed by atoms with E-state index in [0.29, 0.717) is 17.0 Å². The van der Waals surface area contributed by atoms with Crippen LogP contribution in [0.3, 0.4) is 0 Å². The number of nitrogens with zero attached hydrogens (tertiary/aromatic N) is 3. The summed E-state index contributed by atoms with van der Waals surface area (Å²) in [5.74, 6) is -0.378. The van der Waals surface area contributed by atoms with Crippen molar-refractivity contribution in [1.82, 2.24) is 20.4 Å². The van der Waals surface area contributed by atoms with Gasteiger partial charge in [0.25, 0.3) is 17.7 Å². The highest BCUT2D eigenvalue weighted by Gasteiger charge is 2.34. The number of amides is 3. The lowest BCUT2D eigenvalue weighted by atomic mass is 10.1. The SMILES string of the molecule is O=C(CCN1C(=O)c2ccccc2C1=O)NCc1nnc(-c2cccs2)o1. The molecule has 0 unspecified atom stereocenters. The van der Waals surface area contributed by atoms with Gasteiger partial charge in [-0.2, -0.15) is 0 Å². The number of benzene rings is 1. The summed E-state index contributed by atoms with van der Waals surface area (Å²) in [5, 5.41) is 12.4.